The van der Waals surface area contributed by atoms with Crippen LogP contribution in [0.1, 0.15) is 13.3 Å². The quantitative estimate of drug-likeness (QED) is 0.575. The molecule has 3 heteroatoms. The molecule has 1 amide bonds. The molecule has 3 atom stereocenters. The smallest absolute Gasteiger partial charge is 0.219 e. The maximum Gasteiger partial charge on any atom is 0.219 e. The van der Waals surface area contributed by atoms with Crippen molar-refractivity contribution < 1.29 is 4.79 Å². The van der Waals surface area contributed by atoms with Gasteiger partial charge in [-0.05, 0) is 11.8 Å². The molecule has 3 nitrogen and oxygen atoms in total. The van der Waals surface area contributed by atoms with E-state index in [0.29, 0.717) is 12.5 Å². The average Bonchev–Trinajstić information content (AvgIpc) is 2.52. The van der Waals surface area contributed by atoms with E-state index in [9.17, 15) is 4.79 Å². The lowest BCUT2D eigenvalue weighted by atomic mass is 10.4. The Morgan fingerprint density at radius 2 is 2.18 bits per heavy atom. The lowest BCUT2D eigenvalue weighted by Crippen LogP contribution is -2.31. The van der Waals surface area contributed by atoms with E-state index in [1.807, 2.05) is 6.92 Å². The zero-order chi connectivity index (χ0) is 7.84. The first kappa shape index (κ1) is 7.10. The van der Waals surface area contributed by atoms with E-state index in [4.69, 9.17) is 0 Å². The third-order valence-electron chi connectivity index (χ3n) is 2.74. The Morgan fingerprint density at radius 3 is 2.73 bits per heavy atom. The second-order valence-corrected chi connectivity index (χ2v) is 3.43. The number of piperidine rings is 1. The lowest BCUT2D eigenvalue weighted by molar-refractivity contribution is -0.121. The van der Waals surface area contributed by atoms with E-state index in [-0.39, 0.29) is 5.91 Å². The van der Waals surface area contributed by atoms with E-state index in [1.165, 1.54) is 0 Å². The summed E-state index contributed by atoms with van der Waals surface area (Å²) in [4.78, 5) is 11.0. The minimum absolute atomic E-state index is 0.199. The van der Waals surface area contributed by atoms with Crippen molar-refractivity contribution >= 4 is 5.91 Å². The highest BCUT2D eigenvalue weighted by molar-refractivity contribution is 5.76. The fourth-order valence-electron chi connectivity index (χ4n) is 1.92. The van der Waals surface area contributed by atoms with Gasteiger partial charge in [0.1, 0.15) is 0 Å². The Labute approximate surface area is 66.5 Å². The third kappa shape index (κ3) is 1.13. The molecular formula is C8H14N2O. The zero-order valence-corrected chi connectivity index (χ0v) is 6.76. The largest absolute Gasteiger partial charge is 0.353 e. The minimum atomic E-state index is 0.199. The van der Waals surface area contributed by atoms with Crippen LogP contribution < -0.4 is 10.6 Å². The summed E-state index contributed by atoms with van der Waals surface area (Å²) < 4.78 is 0. The number of hydrogen-bond acceptors (Lipinski definition) is 2. The fraction of sp³-hybridized carbons (Fsp3) is 0.875. The van der Waals surface area contributed by atoms with Crippen LogP contribution in [0.5, 0.6) is 0 Å². The molecule has 1 heterocycles. The molecule has 0 unspecified atom stereocenters. The van der Waals surface area contributed by atoms with Crippen LogP contribution in [0.3, 0.4) is 0 Å². The Hall–Kier alpha value is -0.570. The van der Waals surface area contributed by atoms with Crippen molar-refractivity contribution in [1.82, 2.24) is 10.6 Å². The molecule has 0 aromatic rings. The molecular weight excluding hydrogens is 140 g/mol. The number of fused-ring (bicyclic) bond motifs is 1. The Bertz CT molecular complexity index is 171. The van der Waals surface area contributed by atoms with Crippen molar-refractivity contribution in [1.29, 1.82) is 0 Å². The van der Waals surface area contributed by atoms with Crippen LogP contribution in [-0.4, -0.2) is 25.0 Å². The number of carbonyl (C=O) groups excluding carboxylic acids is 1. The highest BCUT2D eigenvalue weighted by Crippen LogP contribution is 2.41. The Balaban J connectivity index is 1.79. The van der Waals surface area contributed by atoms with Crippen molar-refractivity contribution in [2.24, 2.45) is 11.8 Å². The monoisotopic (exact) mass is 154 g/mol. The van der Waals surface area contributed by atoms with Gasteiger partial charge in [0.05, 0.1) is 0 Å². The van der Waals surface area contributed by atoms with Crippen LogP contribution in [0.2, 0.25) is 0 Å². The summed E-state index contributed by atoms with van der Waals surface area (Å²) in [6, 6.07) is 0.503. The zero-order valence-electron chi connectivity index (χ0n) is 6.76. The predicted molar refractivity (Wildman–Crippen MR) is 42.1 cm³/mol. The molecule has 0 aromatic heterocycles. The van der Waals surface area contributed by atoms with E-state index in [1.54, 1.807) is 0 Å². The van der Waals surface area contributed by atoms with E-state index >= 15 is 0 Å². The highest BCUT2D eigenvalue weighted by atomic mass is 16.1. The molecule has 2 rings (SSSR count). The van der Waals surface area contributed by atoms with Crippen LogP contribution in [0.4, 0.5) is 0 Å². The van der Waals surface area contributed by atoms with Gasteiger partial charge in [-0.25, -0.2) is 0 Å². The highest BCUT2D eigenvalue weighted by Gasteiger charge is 2.53. The van der Waals surface area contributed by atoms with Crippen molar-refractivity contribution in [3.05, 3.63) is 0 Å². The minimum Gasteiger partial charge on any atom is -0.353 e. The van der Waals surface area contributed by atoms with Gasteiger partial charge < -0.3 is 10.6 Å². The SMILES string of the molecule is CCC(=O)N[C@H]1[C@@H]2CNC[C@@H]21. The molecule has 1 aliphatic carbocycles. The van der Waals surface area contributed by atoms with Gasteiger partial charge in [0.15, 0.2) is 0 Å². The molecule has 1 aliphatic heterocycles. The van der Waals surface area contributed by atoms with Gasteiger partial charge in [0.25, 0.3) is 0 Å². The lowest BCUT2D eigenvalue weighted by Gasteiger charge is -2.05. The maximum atomic E-state index is 11.0. The number of carbonyl (C=O) groups is 1. The first-order chi connectivity index (χ1) is 5.33. The molecule has 0 aromatic carbocycles. The third-order valence-corrected chi connectivity index (χ3v) is 2.74. The van der Waals surface area contributed by atoms with Crippen LogP contribution in [0.25, 0.3) is 0 Å². The van der Waals surface area contributed by atoms with Gasteiger partial charge in [-0.3, -0.25) is 4.79 Å². The summed E-state index contributed by atoms with van der Waals surface area (Å²) in [7, 11) is 0. The van der Waals surface area contributed by atoms with Crippen molar-refractivity contribution in [2.75, 3.05) is 13.1 Å². The maximum absolute atomic E-state index is 11.0. The number of rotatable bonds is 2. The second-order valence-electron chi connectivity index (χ2n) is 3.43. The average molecular weight is 154 g/mol. The van der Waals surface area contributed by atoms with Gasteiger partial charge in [0.2, 0.25) is 5.91 Å². The fourth-order valence-corrected chi connectivity index (χ4v) is 1.92. The first-order valence-corrected chi connectivity index (χ1v) is 4.33. The van der Waals surface area contributed by atoms with Gasteiger partial charge >= 0.3 is 0 Å². The predicted octanol–water partition coefficient (Wildman–Crippen LogP) is -0.270. The molecule has 1 saturated heterocycles. The topological polar surface area (TPSA) is 41.1 Å². The van der Waals surface area contributed by atoms with Crippen molar-refractivity contribution in [3.8, 4) is 0 Å². The van der Waals surface area contributed by atoms with Crippen LogP contribution in [0, 0.1) is 11.8 Å². The normalized spacial score (nSPS) is 39.9. The molecule has 0 radical (unpaired) electrons. The number of nitrogens with one attached hydrogen (secondary N) is 2. The summed E-state index contributed by atoms with van der Waals surface area (Å²) in [6.07, 6.45) is 0.614. The van der Waals surface area contributed by atoms with Gasteiger partial charge in [-0.2, -0.15) is 0 Å². The summed E-state index contributed by atoms with van der Waals surface area (Å²) in [5.74, 6) is 1.68. The molecule has 2 N–H and O–H groups in total. The van der Waals surface area contributed by atoms with Gasteiger partial charge in [0, 0.05) is 25.6 Å². The van der Waals surface area contributed by atoms with E-state index in [2.05, 4.69) is 10.6 Å². The summed E-state index contributed by atoms with van der Waals surface area (Å²) in [5, 5.41) is 6.32. The van der Waals surface area contributed by atoms with Gasteiger partial charge in [-0.15, -0.1) is 0 Å². The summed E-state index contributed by atoms with van der Waals surface area (Å²) in [5.41, 5.74) is 0. The van der Waals surface area contributed by atoms with Crippen molar-refractivity contribution in [2.45, 2.75) is 19.4 Å². The molecule has 1 saturated carbocycles. The molecule has 0 bridgehead atoms. The summed E-state index contributed by atoms with van der Waals surface area (Å²) >= 11 is 0. The van der Waals surface area contributed by atoms with Crippen LogP contribution >= 0.6 is 0 Å². The number of hydrogen-bond donors (Lipinski definition) is 2. The molecule has 2 fully saturated rings. The second kappa shape index (κ2) is 2.48. The molecule has 11 heavy (non-hydrogen) atoms. The molecule has 62 valence electrons. The van der Waals surface area contributed by atoms with Gasteiger partial charge in [-0.1, -0.05) is 6.92 Å². The Morgan fingerprint density at radius 1 is 1.55 bits per heavy atom. The first-order valence-electron chi connectivity index (χ1n) is 4.33. The van der Waals surface area contributed by atoms with Crippen LogP contribution in [0.15, 0.2) is 0 Å². The van der Waals surface area contributed by atoms with Crippen molar-refractivity contribution in [3.63, 3.8) is 0 Å². The standard InChI is InChI=1S/C8H14N2O/c1-2-7(11)10-8-5-3-9-4-6(5)8/h5-6,8-9H,2-4H2,1H3,(H,10,11)/t5-,6+,8+. The molecule has 2 aliphatic rings. The number of amides is 1. The van der Waals surface area contributed by atoms with Crippen LogP contribution in [-0.2, 0) is 4.79 Å². The van der Waals surface area contributed by atoms with E-state index in [0.717, 1.165) is 24.9 Å². The summed E-state index contributed by atoms with van der Waals surface area (Å²) in [6.45, 7) is 4.09. The Kier molecular flexibility index (Phi) is 1.60. The van der Waals surface area contributed by atoms with E-state index < -0.39 is 0 Å². The molecule has 0 spiro atoms.